The van der Waals surface area contributed by atoms with Gasteiger partial charge in [0, 0.05) is 6.04 Å². The molecule has 0 unspecified atom stereocenters. The van der Waals surface area contributed by atoms with E-state index in [1.165, 1.54) is 0 Å². The molecule has 0 saturated carbocycles. The third-order valence-corrected chi connectivity index (χ3v) is 3.87. The summed E-state index contributed by atoms with van der Waals surface area (Å²) >= 11 is 0. The Hall–Kier alpha value is -0.870. The molecule has 1 aliphatic rings. The van der Waals surface area contributed by atoms with Gasteiger partial charge in [0.25, 0.3) is 0 Å². The summed E-state index contributed by atoms with van der Waals surface area (Å²) < 4.78 is 25.5. The molecule has 1 aliphatic heterocycles. The largest absolute Gasteiger partial charge is 0.241 e. The summed E-state index contributed by atoms with van der Waals surface area (Å²) in [4.78, 5) is 0.422. The van der Waals surface area contributed by atoms with E-state index < -0.39 is 10.0 Å². The Morgan fingerprint density at radius 1 is 1.38 bits per heavy atom. The van der Waals surface area contributed by atoms with Gasteiger partial charge in [-0.3, -0.25) is 0 Å². The molecule has 0 aliphatic carbocycles. The van der Waals surface area contributed by atoms with Crippen molar-refractivity contribution in [3.05, 3.63) is 29.3 Å². The molecule has 3 nitrogen and oxygen atoms in total. The lowest BCUT2D eigenvalue weighted by Gasteiger charge is -2.01. The predicted octanol–water partition coefficient (Wildman–Crippen LogP) is 1.35. The van der Waals surface area contributed by atoms with E-state index in [2.05, 4.69) is 4.72 Å². The Kier molecular flexibility index (Phi) is 1.72. The van der Waals surface area contributed by atoms with Gasteiger partial charge in [-0.2, -0.15) is 0 Å². The van der Waals surface area contributed by atoms with E-state index >= 15 is 0 Å². The second kappa shape index (κ2) is 2.56. The molecule has 0 spiro atoms. The topological polar surface area (TPSA) is 46.2 Å². The highest BCUT2D eigenvalue weighted by Gasteiger charge is 2.30. The van der Waals surface area contributed by atoms with Gasteiger partial charge in [-0.1, -0.05) is 17.7 Å². The highest BCUT2D eigenvalue weighted by molar-refractivity contribution is 7.89. The van der Waals surface area contributed by atoms with Gasteiger partial charge in [0.15, 0.2) is 0 Å². The van der Waals surface area contributed by atoms with E-state index in [1.807, 2.05) is 26.0 Å². The van der Waals surface area contributed by atoms with Crippen LogP contribution in [0.4, 0.5) is 0 Å². The van der Waals surface area contributed by atoms with Crippen molar-refractivity contribution in [2.24, 2.45) is 0 Å². The molecule has 0 fully saturated rings. The fraction of sp³-hybridized carbons (Fsp3) is 0.333. The molecule has 0 radical (unpaired) electrons. The second-order valence-electron chi connectivity index (χ2n) is 3.38. The lowest BCUT2D eigenvalue weighted by atomic mass is 10.1. The minimum atomic E-state index is -3.22. The fourth-order valence-electron chi connectivity index (χ4n) is 1.61. The van der Waals surface area contributed by atoms with Gasteiger partial charge in [-0.25, -0.2) is 13.1 Å². The third-order valence-electron chi connectivity index (χ3n) is 2.25. The molecule has 1 N–H and O–H groups in total. The van der Waals surface area contributed by atoms with Gasteiger partial charge in [0.2, 0.25) is 10.0 Å². The van der Waals surface area contributed by atoms with Crippen LogP contribution in [0.3, 0.4) is 0 Å². The lowest BCUT2D eigenvalue weighted by Crippen LogP contribution is -2.17. The number of aryl methyl sites for hydroxylation is 1. The van der Waals surface area contributed by atoms with Crippen molar-refractivity contribution < 1.29 is 8.42 Å². The van der Waals surface area contributed by atoms with E-state index in [-0.39, 0.29) is 6.04 Å². The molecule has 4 heteroatoms. The van der Waals surface area contributed by atoms with Crippen molar-refractivity contribution in [2.75, 3.05) is 0 Å². The molecular formula is C9H11NO2S. The van der Waals surface area contributed by atoms with E-state index in [9.17, 15) is 8.42 Å². The zero-order valence-electron chi connectivity index (χ0n) is 7.53. The van der Waals surface area contributed by atoms with Crippen molar-refractivity contribution >= 4 is 10.0 Å². The summed E-state index contributed by atoms with van der Waals surface area (Å²) in [5, 5.41) is 0. The van der Waals surface area contributed by atoms with Gasteiger partial charge < -0.3 is 0 Å². The predicted molar refractivity (Wildman–Crippen MR) is 49.9 cm³/mol. The first-order chi connectivity index (χ1) is 6.00. The quantitative estimate of drug-likeness (QED) is 0.682. The normalized spacial score (nSPS) is 24.3. The number of benzene rings is 1. The number of sulfonamides is 1. The average Bonchev–Trinajstić information content (AvgIpc) is 2.22. The maximum atomic E-state index is 11.5. The van der Waals surface area contributed by atoms with Crippen molar-refractivity contribution in [2.45, 2.75) is 24.8 Å². The molecule has 1 aromatic rings. The van der Waals surface area contributed by atoms with Gasteiger partial charge in [0.1, 0.15) is 0 Å². The monoisotopic (exact) mass is 197 g/mol. The van der Waals surface area contributed by atoms with Crippen LogP contribution in [0.25, 0.3) is 0 Å². The van der Waals surface area contributed by atoms with Crippen LogP contribution in [0, 0.1) is 6.92 Å². The molecule has 70 valence electrons. The third kappa shape index (κ3) is 1.26. The first kappa shape index (κ1) is 8.72. The van der Waals surface area contributed by atoms with Crippen LogP contribution in [0.15, 0.2) is 23.1 Å². The van der Waals surface area contributed by atoms with Crippen LogP contribution in [0.5, 0.6) is 0 Å². The molecule has 1 heterocycles. The van der Waals surface area contributed by atoms with Crippen LogP contribution in [0.2, 0.25) is 0 Å². The molecule has 0 bridgehead atoms. The van der Waals surface area contributed by atoms with Crippen molar-refractivity contribution in [1.29, 1.82) is 0 Å². The van der Waals surface area contributed by atoms with E-state index in [0.29, 0.717) is 4.90 Å². The standard InChI is InChI=1S/C9H11NO2S/c1-6-3-4-9-8(5-6)7(2)10-13(9,11)12/h3-5,7,10H,1-2H3/t7-/m1/s1. The van der Waals surface area contributed by atoms with Crippen molar-refractivity contribution in [1.82, 2.24) is 4.72 Å². The van der Waals surface area contributed by atoms with Crippen molar-refractivity contribution in [3.63, 3.8) is 0 Å². The zero-order valence-corrected chi connectivity index (χ0v) is 8.35. The number of hydrogen-bond donors (Lipinski definition) is 1. The maximum Gasteiger partial charge on any atom is 0.241 e. The van der Waals surface area contributed by atoms with Gasteiger partial charge >= 0.3 is 0 Å². The van der Waals surface area contributed by atoms with Gasteiger partial charge in [-0.05, 0) is 25.5 Å². The smallest absolute Gasteiger partial charge is 0.207 e. The molecule has 13 heavy (non-hydrogen) atoms. The minimum absolute atomic E-state index is 0.0973. The van der Waals surface area contributed by atoms with Crippen LogP contribution in [-0.4, -0.2) is 8.42 Å². The Morgan fingerprint density at radius 3 is 2.77 bits per heavy atom. The number of hydrogen-bond acceptors (Lipinski definition) is 2. The number of nitrogens with one attached hydrogen (secondary N) is 1. The first-order valence-electron chi connectivity index (χ1n) is 4.13. The lowest BCUT2D eigenvalue weighted by molar-refractivity contribution is 0.582. The summed E-state index contributed by atoms with van der Waals surface area (Å²) in [6, 6.07) is 5.30. The molecule has 2 rings (SSSR count). The summed E-state index contributed by atoms with van der Waals surface area (Å²) in [5.41, 5.74) is 1.96. The van der Waals surface area contributed by atoms with E-state index in [1.54, 1.807) is 6.07 Å². The zero-order chi connectivity index (χ0) is 9.64. The second-order valence-corrected chi connectivity index (χ2v) is 5.07. The Morgan fingerprint density at radius 2 is 2.08 bits per heavy atom. The minimum Gasteiger partial charge on any atom is -0.207 e. The highest BCUT2D eigenvalue weighted by atomic mass is 32.2. The van der Waals surface area contributed by atoms with Crippen molar-refractivity contribution in [3.8, 4) is 0 Å². The summed E-state index contributed by atoms with van der Waals surface area (Å²) in [6.45, 7) is 3.81. The van der Waals surface area contributed by atoms with E-state index in [4.69, 9.17) is 0 Å². The first-order valence-corrected chi connectivity index (χ1v) is 5.62. The van der Waals surface area contributed by atoms with Crippen LogP contribution in [-0.2, 0) is 10.0 Å². The Bertz CT molecular complexity index is 451. The molecule has 0 aromatic heterocycles. The molecule has 0 amide bonds. The number of fused-ring (bicyclic) bond motifs is 1. The van der Waals surface area contributed by atoms with Gasteiger partial charge in [0.05, 0.1) is 4.90 Å². The molecule has 0 saturated heterocycles. The van der Waals surface area contributed by atoms with Crippen LogP contribution in [0.1, 0.15) is 24.1 Å². The van der Waals surface area contributed by atoms with Crippen LogP contribution >= 0.6 is 0 Å². The maximum absolute atomic E-state index is 11.5. The van der Waals surface area contributed by atoms with E-state index in [0.717, 1.165) is 11.1 Å². The number of rotatable bonds is 0. The fourth-order valence-corrected chi connectivity index (χ4v) is 3.12. The summed E-state index contributed by atoms with van der Waals surface area (Å²) in [7, 11) is -3.22. The SMILES string of the molecule is Cc1ccc2c(c1)[C@@H](C)NS2(=O)=O. The Labute approximate surface area is 77.8 Å². The van der Waals surface area contributed by atoms with Crippen LogP contribution < -0.4 is 4.72 Å². The molecule has 1 aromatic carbocycles. The average molecular weight is 197 g/mol. The molecular weight excluding hydrogens is 186 g/mol. The van der Waals surface area contributed by atoms with Gasteiger partial charge in [-0.15, -0.1) is 0 Å². The summed E-state index contributed by atoms with van der Waals surface area (Å²) in [6.07, 6.45) is 0. The Balaban J connectivity index is 2.73. The summed E-state index contributed by atoms with van der Waals surface area (Å²) in [5.74, 6) is 0. The highest BCUT2D eigenvalue weighted by Crippen LogP contribution is 2.30. The molecule has 1 atom stereocenters.